The van der Waals surface area contributed by atoms with Gasteiger partial charge in [-0.1, -0.05) is 25.1 Å². The van der Waals surface area contributed by atoms with E-state index in [-0.39, 0.29) is 16.6 Å². The van der Waals surface area contributed by atoms with Crippen molar-refractivity contribution in [2.24, 2.45) is 0 Å². The van der Waals surface area contributed by atoms with E-state index in [1.807, 2.05) is 6.92 Å². The number of nitrogens with zero attached hydrogens (tertiary/aromatic N) is 1. The summed E-state index contributed by atoms with van der Waals surface area (Å²) >= 11 is 1.17. The molecule has 1 aromatic heterocycles. The molecule has 7 heteroatoms. The number of hydrogen-bond acceptors (Lipinski definition) is 5. The summed E-state index contributed by atoms with van der Waals surface area (Å²) in [5.41, 5.74) is -0.896. The van der Waals surface area contributed by atoms with Gasteiger partial charge in [-0.2, -0.15) is 0 Å². The fraction of sp³-hybridized carbons (Fsp3) is 0.500. The number of thioether (sulfide) groups is 1. The second kappa shape index (κ2) is 6.29. The van der Waals surface area contributed by atoms with Gasteiger partial charge in [0.2, 0.25) is 5.75 Å². The van der Waals surface area contributed by atoms with Gasteiger partial charge in [0, 0.05) is 0 Å². The lowest BCUT2D eigenvalue weighted by atomic mass is 10.3. The van der Waals surface area contributed by atoms with Gasteiger partial charge in [0.15, 0.2) is 10.9 Å². The predicted molar refractivity (Wildman–Crippen MR) is 64.0 cm³/mol. The normalized spacial score (nSPS) is 10.2. The molecular weight excluding hydrogens is 244 g/mol. The summed E-state index contributed by atoms with van der Waals surface area (Å²) in [4.78, 5) is 28.9. The van der Waals surface area contributed by atoms with Crippen molar-refractivity contribution in [3.8, 4) is 5.75 Å². The minimum absolute atomic E-state index is 0.219. The third-order valence-corrected chi connectivity index (χ3v) is 2.58. The van der Waals surface area contributed by atoms with Crippen LogP contribution in [0.5, 0.6) is 5.75 Å². The molecule has 0 amide bonds. The second-order valence-corrected chi connectivity index (χ2v) is 4.06. The summed E-state index contributed by atoms with van der Waals surface area (Å²) in [5.74, 6) is -1.48. The third-order valence-electron chi connectivity index (χ3n) is 2.00. The number of H-pyrrole nitrogens is 1. The standard InChI is InChI=1S/C10H14N2O4S/c1-3-4-5-16-7-6(9(14)15)11-10(17-2)12-8(7)13/h3-5H2,1-2H3,(H,14,15)(H,11,12,13). The summed E-state index contributed by atoms with van der Waals surface area (Å²) in [6.07, 6.45) is 3.35. The summed E-state index contributed by atoms with van der Waals surface area (Å²) in [5, 5.41) is 9.22. The van der Waals surface area contributed by atoms with Crippen molar-refractivity contribution < 1.29 is 14.6 Å². The van der Waals surface area contributed by atoms with Crippen LogP contribution in [-0.4, -0.2) is 33.9 Å². The zero-order valence-corrected chi connectivity index (χ0v) is 10.5. The Labute approximate surface area is 102 Å². The Kier molecular flexibility index (Phi) is 5.02. The van der Waals surface area contributed by atoms with Crippen molar-refractivity contribution in [2.45, 2.75) is 24.9 Å². The lowest BCUT2D eigenvalue weighted by Gasteiger charge is -2.07. The van der Waals surface area contributed by atoms with Gasteiger partial charge in [0.1, 0.15) is 0 Å². The molecular formula is C10H14N2O4S. The van der Waals surface area contributed by atoms with Gasteiger partial charge < -0.3 is 9.84 Å². The molecule has 0 aromatic carbocycles. The van der Waals surface area contributed by atoms with Crippen LogP contribution in [0.15, 0.2) is 9.95 Å². The van der Waals surface area contributed by atoms with E-state index in [9.17, 15) is 9.59 Å². The van der Waals surface area contributed by atoms with Gasteiger partial charge in [0.25, 0.3) is 5.56 Å². The zero-order valence-electron chi connectivity index (χ0n) is 9.65. The van der Waals surface area contributed by atoms with Crippen LogP contribution in [0.3, 0.4) is 0 Å². The number of ether oxygens (including phenoxy) is 1. The molecule has 0 unspecified atom stereocenters. The van der Waals surface area contributed by atoms with E-state index < -0.39 is 11.5 Å². The van der Waals surface area contributed by atoms with Crippen LogP contribution in [0.2, 0.25) is 0 Å². The second-order valence-electron chi connectivity index (χ2n) is 3.26. The highest BCUT2D eigenvalue weighted by atomic mass is 32.2. The maximum absolute atomic E-state index is 11.6. The van der Waals surface area contributed by atoms with Crippen molar-refractivity contribution in [3.05, 3.63) is 16.0 Å². The number of carboxylic acids is 1. The molecule has 1 aromatic rings. The quantitative estimate of drug-likeness (QED) is 0.455. The Morgan fingerprint density at radius 3 is 2.82 bits per heavy atom. The molecule has 0 aliphatic rings. The molecule has 94 valence electrons. The van der Waals surface area contributed by atoms with Gasteiger partial charge in [0.05, 0.1) is 6.61 Å². The van der Waals surface area contributed by atoms with Gasteiger partial charge in [-0.05, 0) is 12.7 Å². The van der Waals surface area contributed by atoms with Crippen LogP contribution in [0.25, 0.3) is 0 Å². The van der Waals surface area contributed by atoms with Gasteiger partial charge in [-0.25, -0.2) is 9.78 Å². The molecule has 0 saturated heterocycles. The molecule has 0 atom stereocenters. The first-order valence-corrected chi connectivity index (χ1v) is 6.37. The predicted octanol–water partition coefficient (Wildman–Crippen LogP) is 1.37. The van der Waals surface area contributed by atoms with Gasteiger partial charge >= 0.3 is 5.97 Å². The Morgan fingerprint density at radius 2 is 2.29 bits per heavy atom. The number of carbonyl (C=O) groups is 1. The van der Waals surface area contributed by atoms with E-state index in [1.165, 1.54) is 11.8 Å². The van der Waals surface area contributed by atoms with Crippen molar-refractivity contribution in [2.75, 3.05) is 12.9 Å². The Balaban J connectivity index is 3.09. The molecule has 0 bridgehead atoms. The molecule has 2 N–H and O–H groups in total. The van der Waals surface area contributed by atoms with E-state index in [2.05, 4.69) is 9.97 Å². The highest BCUT2D eigenvalue weighted by molar-refractivity contribution is 7.98. The van der Waals surface area contributed by atoms with Crippen LogP contribution in [0.1, 0.15) is 30.3 Å². The Morgan fingerprint density at radius 1 is 1.59 bits per heavy atom. The number of carboxylic acid groups (broad SMARTS) is 1. The first kappa shape index (κ1) is 13.6. The molecule has 0 aliphatic carbocycles. The summed E-state index contributed by atoms with van der Waals surface area (Å²) in [6, 6.07) is 0. The fourth-order valence-corrected chi connectivity index (χ4v) is 1.51. The van der Waals surface area contributed by atoms with Crippen LogP contribution < -0.4 is 10.3 Å². The minimum Gasteiger partial charge on any atom is -0.486 e. The topological polar surface area (TPSA) is 92.3 Å². The molecule has 6 nitrogen and oxygen atoms in total. The Bertz CT molecular complexity index is 458. The number of rotatable bonds is 6. The van der Waals surface area contributed by atoms with E-state index >= 15 is 0 Å². The zero-order chi connectivity index (χ0) is 12.8. The highest BCUT2D eigenvalue weighted by Gasteiger charge is 2.18. The van der Waals surface area contributed by atoms with Crippen molar-refractivity contribution >= 4 is 17.7 Å². The molecule has 1 heterocycles. The molecule has 0 saturated carbocycles. The molecule has 1 rings (SSSR count). The van der Waals surface area contributed by atoms with Crippen molar-refractivity contribution in [1.29, 1.82) is 0 Å². The number of unbranched alkanes of at least 4 members (excludes halogenated alkanes) is 1. The molecule has 0 aliphatic heterocycles. The lowest BCUT2D eigenvalue weighted by molar-refractivity contribution is 0.0683. The van der Waals surface area contributed by atoms with Crippen LogP contribution in [-0.2, 0) is 0 Å². The molecule has 17 heavy (non-hydrogen) atoms. The first-order chi connectivity index (χ1) is 8.10. The first-order valence-electron chi connectivity index (χ1n) is 5.14. The maximum atomic E-state index is 11.6. The number of aromatic amines is 1. The fourth-order valence-electron chi connectivity index (χ4n) is 1.14. The maximum Gasteiger partial charge on any atom is 0.358 e. The highest BCUT2D eigenvalue weighted by Crippen LogP contribution is 2.14. The molecule has 0 radical (unpaired) electrons. The smallest absolute Gasteiger partial charge is 0.358 e. The van der Waals surface area contributed by atoms with Gasteiger partial charge in [-0.15, -0.1) is 0 Å². The monoisotopic (exact) mass is 258 g/mol. The number of aromatic carboxylic acids is 1. The SMILES string of the molecule is CCCCOc1c(C(=O)O)nc(SC)[nH]c1=O. The van der Waals surface area contributed by atoms with Crippen molar-refractivity contribution in [1.82, 2.24) is 9.97 Å². The van der Waals surface area contributed by atoms with E-state index in [1.54, 1.807) is 6.26 Å². The minimum atomic E-state index is -1.27. The number of aromatic nitrogens is 2. The summed E-state index contributed by atoms with van der Waals surface area (Å²) in [6.45, 7) is 2.28. The molecule has 0 fully saturated rings. The third kappa shape index (κ3) is 3.48. The number of hydrogen-bond donors (Lipinski definition) is 2. The van der Waals surface area contributed by atoms with Crippen LogP contribution >= 0.6 is 11.8 Å². The van der Waals surface area contributed by atoms with Crippen LogP contribution in [0, 0.1) is 0 Å². The lowest BCUT2D eigenvalue weighted by Crippen LogP contribution is -2.19. The van der Waals surface area contributed by atoms with E-state index in [0.29, 0.717) is 6.61 Å². The summed E-state index contributed by atoms with van der Waals surface area (Å²) < 4.78 is 5.17. The Hall–Kier alpha value is -1.50. The van der Waals surface area contributed by atoms with E-state index in [4.69, 9.17) is 9.84 Å². The number of nitrogens with one attached hydrogen (secondary N) is 1. The average Bonchev–Trinajstić information content (AvgIpc) is 2.30. The largest absolute Gasteiger partial charge is 0.486 e. The van der Waals surface area contributed by atoms with Gasteiger partial charge in [-0.3, -0.25) is 9.78 Å². The van der Waals surface area contributed by atoms with E-state index in [0.717, 1.165) is 12.8 Å². The van der Waals surface area contributed by atoms with Crippen molar-refractivity contribution in [3.63, 3.8) is 0 Å². The average molecular weight is 258 g/mol. The van der Waals surface area contributed by atoms with Crippen LogP contribution in [0.4, 0.5) is 0 Å². The molecule has 0 spiro atoms. The summed E-state index contributed by atoms with van der Waals surface area (Å²) in [7, 11) is 0.